The third kappa shape index (κ3) is 1.88. The second-order valence-corrected chi connectivity index (χ2v) is 11.2. The highest BCUT2D eigenvalue weighted by molar-refractivity contribution is 6.00. The fraction of sp³-hybridized carbons (Fsp3) is 0.640. The van der Waals surface area contributed by atoms with Crippen molar-refractivity contribution in [3.63, 3.8) is 0 Å². The molecule has 3 heterocycles. The molecule has 2 saturated heterocycles. The van der Waals surface area contributed by atoms with Gasteiger partial charge in [0.15, 0.2) is 11.9 Å². The number of ketones is 2. The van der Waals surface area contributed by atoms with Crippen molar-refractivity contribution in [1.82, 2.24) is 0 Å². The molecule has 8 atom stereocenters. The Hall–Kier alpha value is -2.25. The third-order valence-corrected chi connectivity index (χ3v) is 10.0. The number of aliphatic hydroxyl groups is 1. The van der Waals surface area contributed by atoms with Crippen LogP contribution in [0.15, 0.2) is 35.2 Å². The van der Waals surface area contributed by atoms with Gasteiger partial charge in [-0.25, -0.2) is 4.79 Å². The zero-order valence-electron chi connectivity index (χ0n) is 18.7. The van der Waals surface area contributed by atoms with Gasteiger partial charge in [0.1, 0.15) is 17.5 Å². The van der Waals surface area contributed by atoms with Crippen molar-refractivity contribution < 1.29 is 33.4 Å². The lowest BCUT2D eigenvalue weighted by atomic mass is 9.37. The number of carbonyl (C=O) groups is 3. The molecule has 0 aromatic carbocycles. The second kappa shape index (κ2) is 5.62. The number of hydrogen-bond donors (Lipinski definition) is 1. The predicted octanol–water partition coefficient (Wildman–Crippen LogP) is 2.92. The minimum atomic E-state index is -1.51. The molecular formula is C25H28O7. The summed E-state index contributed by atoms with van der Waals surface area (Å²) in [4.78, 5) is 39.6. The number of ether oxygens (including phenoxy) is 2. The molecule has 7 nitrogen and oxygen atoms in total. The maximum atomic E-state index is 14.0. The lowest BCUT2D eigenvalue weighted by Gasteiger charge is -2.66. The number of hydrogen-bond acceptors (Lipinski definition) is 7. The zero-order valence-corrected chi connectivity index (χ0v) is 18.7. The van der Waals surface area contributed by atoms with E-state index < -0.39 is 45.6 Å². The van der Waals surface area contributed by atoms with Crippen LogP contribution >= 0.6 is 0 Å². The standard InChI is InChI=1S/C25H28O7/c1-21(2)16(26)7-9-22(3)15-6-5-14-18(13-8-10-30-12-13)31-20(28)19-25(14,32-19)23(15,4)17(27)11-24(21,22)29/h7-10,12,14-15,18-19,29H,5-6,11H2,1-4H3. The van der Waals surface area contributed by atoms with Gasteiger partial charge in [-0.05, 0) is 51.7 Å². The number of fused-ring (bicyclic) bond motifs is 3. The van der Waals surface area contributed by atoms with E-state index in [1.54, 1.807) is 44.6 Å². The summed E-state index contributed by atoms with van der Waals surface area (Å²) in [5, 5.41) is 12.0. The van der Waals surface area contributed by atoms with Crippen LogP contribution < -0.4 is 0 Å². The summed E-state index contributed by atoms with van der Waals surface area (Å²) >= 11 is 0. The molecule has 2 saturated carbocycles. The van der Waals surface area contributed by atoms with E-state index in [-0.39, 0.29) is 29.8 Å². The lowest BCUT2D eigenvalue weighted by molar-refractivity contribution is -0.232. The topological polar surface area (TPSA) is 106 Å². The van der Waals surface area contributed by atoms with Gasteiger partial charge in [-0.3, -0.25) is 9.59 Å². The minimum Gasteiger partial charge on any atom is -0.472 e. The SMILES string of the molecule is CC1(C)C(=O)C=CC2(C)C3CCC4C(c5ccoc5)OC(=O)C5OC54C3(C)C(=O)CC12O. The first kappa shape index (κ1) is 20.4. The Morgan fingerprint density at radius 1 is 1.09 bits per heavy atom. The van der Waals surface area contributed by atoms with Crippen molar-refractivity contribution in [2.45, 2.75) is 70.4 Å². The Morgan fingerprint density at radius 2 is 1.84 bits per heavy atom. The Balaban J connectivity index is 1.52. The molecule has 1 aromatic heterocycles. The fourth-order valence-corrected chi connectivity index (χ4v) is 7.97. The first-order valence-electron chi connectivity index (χ1n) is 11.3. The first-order valence-corrected chi connectivity index (χ1v) is 11.3. The molecule has 5 aliphatic rings. The second-order valence-electron chi connectivity index (χ2n) is 11.2. The lowest BCUT2D eigenvalue weighted by Crippen LogP contribution is -2.75. The van der Waals surface area contributed by atoms with Crippen LogP contribution in [0.4, 0.5) is 0 Å². The minimum absolute atomic E-state index is 0.147. The number of furan rings is 1. The molecule has 0 bridgehead atoms. The van der Waals surface area contributed by atoms with Crippen LogP contribution in [0.5, 0.6) is 0 Å². The van der Waals surface area contributed by atoms with Crippen LogP contribution in [-0.2, 0) is 23.9 Å². The Labute approximate surface area is 186 Å². The molecule has 1 spiro atoms. The van der Waals surface area contributed by atoms with Gasteiger partial charge in [0.2, 0.25) is 0 Å². The summed E-state index contributed by atoms with van der Waals surface area (Å²) in [6.07, 6.45) is 6.30. The van der Waals surface area contributed by atoms with Crippen LogP contribution in [0.1, 0.15) is 58.6 Å². The van der Waals surface area contributed by atoms with Gasteiger partial charge >= 0.3 is 5.97 Å². The molecule has 4 fully saturated rings. The smallest absolute Gasteiger partial charge is 0.339 e. The number of rotatable bonds is 1. The Kier molecular flexibility index (Phi) is 3.58. The monoisotopic (exact) mass is 440 g/mol. The van der Waals surface area contributed by atoms with Gasteiger partial charge in [-0.1, -0.05) is 13.0 Å². The molecule has 2 aliphatic heterocycles. The van der Waals surface area contributed by atoms with E-state index in [0.717, 1.165) is 5.56 Å². The van der Waals surface area contributed by atoms with Crippen molar-refractivity contribution in [1.29, 1.82) is 0 Å². The van der Waals surface area contributed by atoms with Crippen molar-refractivity contribution in [2.24, 2.45) is 28.1 Å². The van der Waals surface area contributed by atoms with Crippen LogP contribution in [0.2, 0.25) is 0 Å². The molecule has 6 rings (SSSR count). The average Bonchev–Trinajstić information content (AvgIpc) is 3.27. The maximum absolute atomic E-state index is 14.0. The number of epoxide rings is 1. The van der Waals surface area contributed by atoms with Gasteiger partial charge in [-0.2, -0.15) is 0 Å². The summed E-state index contributed by atoms with van der Waals surface area (Å²) in [5.41, 5.74) is -4.65. The van der Waals surface area contributed by atoms with Crippen molar-refractivity contribution in [3.8, 4) is 0 Å². The van der Waals surface area contributed by atoms with Gasteiger partial charge < -0.3 is 19.0 Å². The number of esters is 1. The molecule has 32 heavy (non-hydrogen) atoms. The molecule has 0 radical (unpaired) electrons. The molecule has 3 aliphatic carbocycles. The number of carbonyl (C=O) groups excluding carboxylic acids is 3. The fourth-order valence-electron chi connectivity index (χ4n) is 7.97. The highest BCUT2D eigenvalue weighted by Crippen LogP contribution is 2.75. The molecule has 1 N–H and O–H groups in total. The maximum Gasteiger partial charge on any atom is 0.339 e. The third-order valence-electron chi connectivity index (χ3n) is 10.0. The van der Waals surface area contributed by atoms with Crippen molar-refractivity contribution in [2.75, 3.05) is 0 Å². The highest BCUT2D eigenvalue weighted by atomic mass is 16.7. The molecular weight excluding hydrogens is 412 g/mol. The van der Waals surface area contributed by atoms with E-state index in [4.69, 9.17) is 13.9 Å². The van der Waals surface area contributed by atoms with E-state index in [1.807, 2.05) is 13.8 Å². The van der Waals surface area contributed by atoms with Crippen LogP contribution in [0.3, 0.4) is 0 Å². The quantitative estimate of drug-likeness (QED) is 0.529. The van der Waals surface area contributed by atoms with E-state index in [2.05, 4.69) is 0 Å². The molecule has 1 aromatic rings. The Bertz CT molecular complexity index is 1090. The molecule has 8 unspecified atom stereocenters. The summed E-state index contributed by atoms with van der Waals surface area (Å²) in [6, 6.07) is 1.78. The molecule has 0 amide bonds. The van der Waals surface area contributed by atoms with Crippen LogP contribution in [-0.4, -0.2) is 39.9 Å². The average molecular weight is 440 g/mol. The van der Waals surface area contributed by atoms with E-state index >= 15 is 0 Å². The van der Waals surface area contributed by atoms with Gasteiger partial charge in [0, 0.05) is 23.3 Å². The normalized spacial score (nSPS) is 50.6. The van der Waals surface area contributed by atoms with Gasteiger partial charge in [-0.15, -0.1) is 0 Å². The zero-order chi connectivity index (χ0) is 22.9. The summed E-state index contributed by atoms with van der Waals surface area (Å²) in [7, 11) is 0. The number of allylic oxidation sites excluding steroid dienone is 1. The highest BCUT2D eigenvalue weighted by Gasteiger charge is 2.86. The Morgan fingerprint density at radius 3 is 2.53 bits per heavy atom. The summed E-state index contributed by atoms with van der Waals surface area (Å²) < 4.78 is 17.2. The van der Waals surface area contributed by atoms with E-state index in [0.29, 0.717) is 12.8 Å². The summed E-state index contributed by atoms with van der Waals surface area (Å²) in [6.45, 7) is 7.30. The van der Waals surface area contributed by atoms with Gasteiger partial charge in [0.25, 0.3) is 0 Å². The largest absolute Gasteiger partial charge is 0.472 e. The van der Waals surface area contributed by atoms with Crippen LogP contribution in [0, 0.1) is 28.1 Å². The van der Waals surface area contributed by atoms with Crippen molar-refractivity contribution in [3.05, 3.63) is 36.3 Å². The van der Waals surface area contributed by atoms with Crippen LogP contribution in [0.25, 0.3) is 0 Å². The van der Waals surface area contributed by atoms with E-state index in [1.165, 1.54) is 0 Å². The number of Topliss-reactive ketones (excluding diaryl/α,β-unsaturated/α-hetero) is 1. The van der Waals surface area contributed by atoms with E-state index in [9.17, 15) is 19.5 Å². The first-order chi connectivity index (χ1) is 14.9. The predicted molar refractivity (Wildman–Crippen MR) is 110 cm³/mol. The van der Waals surface area contributed by atoms with Gasteiger partial charge in [0.05, 0.1) is 29.0 Å². The summed E-state index contributed by atoms with van der Waals surface area (Å²) in [5.74, 6) is -1.26. The van der Waals surface area contributed by atoms with Crippen molar-refractivity contribution >= 4 is 17.5 Å². The molecule has 170 valence electrons. The molecule has 7 heteroatoms. The number of cyclic esters (lactones) is 1.